The second kappa shape index (κ2) is 6.64. The van der Waals surface area contributed by atoms with Crippen molar-refractivity contribution in [1.82, 2.24) is 19.4 Å². The van der Waals surface area contributed by atoms with Crippen LogP contribution in [0.15, 0.2) is 5.03 Å². The normalized spacial score (nSPS) is 22.4. The van der Waals surface area contributed by atoms with Crippen LogP contribution in [0.25, 0.3) is 0 Å². The zero-order valence-electron chi connectivity index (χ0n) is 12.8. The minimum atomic E-state index is -3.61. The van der Waals surface area contributed by atoms with E-state index in [9.17, 15) is 8.42 Å². The van der Waals surface area contributed by atoms with Crippen LogP contribution in [0.3, 0.4) is 0 Å². The molecule has 2 rings (SSSR count). The molecule has 21 heavy (non-hydrogen) atoms. The number of nitrogens with zero attached hydrogens (tertiary/aromatic N) is 3. The molecule has 1 saturated heterocycles. The molecule has 0 aromatic carbocycles. The summed E-state index contributed by atoms with van der Waals surface area (Å²) in [6.45, 7) is 5.99. The average molecular weight is 335 g/mol. The highest BCUT2D eigenvalue weighted by Crippen LogP contribution is 2.26. The van der Waals surface area contributed by atoms with Gasteiger partial charge in [0.2, 0.25) is 0 Å². The predicted octanol–water partition coefficient (Wildman–Crippen LogP) is 1.56. The van der Waals surface area contributed by atoms with Gasteiger partial charge in [-0.05, 0) is 33.4 Å². The summed E-state index contributed by atoms with van der Waals surface area (Å²) in [6.07, 6.45) is 1.61. The molecule has 2 heterocycles. The van der Waals surface area contributed by atoms with Crippen molar-refractivity contribution in [3.05, 3.63) is 11.3 Å². The number of hydrogen-bond donors (Lipinski definition) is 1. The Morgan fingerprint density at radius 3 is 2.76 bits per heavy atom. The Labute approximate surface area is 131 Å². The van der Waals surface area contributed by atoms with Gasteiger partial charge in [-0.3, -0.25) is 5.10 Å². The number of likely N-dealkylation sites (N-methyl/N-ethyl adjacent to an activating group) is 1. The first-order valence-electron chi connectivity index (χ1n) is 7.22. The summed E-state index contributed by atoms with van der Waals surface area (Å²) in [5.74, 6) is 0.140. The number of nitrogens with one attached hydrogen (secondary N) is 1. The van der Waals surface area contributed by atoms with E-state index in [0.29, 0.717) is 17.8 Å². The Morgan fingerprint density at radius 2 is 2.14 bits per heavy atom. The van der Waals surface area contributed by atoms with Crippen molar-refractivity contribution in [1.29, 1.82) is 0 Å². The van der Waals surface area contributed by atoms with Crippen molar-refractivity contribution in [2.75, 3.05) is 26.7 Å². The molecular weight excluding hydrogens is 312 g/mol. The van der Waals surface area contributed by atoms with E-state index in [1.165, 1.54) is 0 Å². The van der Waals surface area contributed by atoms with Gasteiger partial charge in [0, 0.05) is 30.4 Å². The lowest BCUT2D eigenvalue weighted by molar-refractivity contribution is 0.270. The number of aromatic nitrogens is 2. The molecule has 6 nitrogen and oxygen atoms in total. The van der Waals surface area contributed by atoms with E-state index in [-0.39, 0.29) is 16.9 Å². The van der Waals surface area contributed by atoms with Crippen LogP contribution < -0.4 is 0 Å². The molecular formula is C13H23ClN4O2S. The standard InChI is InChI=1S/C13H23ClN4O2S/c1-4-11-9-17(3)6-5-7-18(11)21(19,20)13-12(8-14)10(2)15-16-13/h11H,4-9H2,1-3H3,(H,15,16). The molecule has 0 bridgehead atoms. The third kappa shape index (κ3) is 3.26. The molecule has 0 aliphatic carbocycles. The van der Waals surface area contributed by atoms with Crippen molar-refractivity contribution in [3.63, 3.8) is 0 Å². The SMILES string of the molecule is CCC1CN(C)CCCN1S(=O)(=O)c1n[nH]c(C)c1CCl. The first kappa shape index (κ1) is 16.7. The zero-order chi connectivity index (χ0) is 15.6. The van der Waals surface area contributed by atoms with E-state index in [4.69, 9.17) is 11.6 Å². The molecule has 1 aliphatic heterocycles. The Bertz CT molecular complexity index is 587. The van der Waals surface area contributed by atoms with Crippen LogP contribution in [0.4, 0.5) is 0 Å². The fourth-order valence-corrected chi connectivity index (χ4v) is 5.09. The molecule has 120 valence electrons. The van der Waals surface area contributed by atoms with E-state index in [2.05, 4.69) is 15.1 Å². The maximum Gasteiger partial charge on any atom is 0.263 e. The third-order valence-electron chi connectivity index (χ3n) is 4.04. The van der Waals surface area contributed by atoms with Crippen LogP contribution in [0.2, 0.25) is 0 Å². The number of rotatable bonds is 4. The minimum absolute atomic E-state index is 0.0253. The molecule has 0 radical (unpaired) electrons. The summed E-state index contributed by atoms with van der Waals surface area (Å²) in [7, 11) is -1.58. The first-order valence-corrected chi connectivity index (χ1v) is 9.19. The second-order valence-electron chi connectivity index (χ2n) is 5.56. The molecule has 1 N–H and O–H groups in total. The van der Waals surface area contributed by atoms with Crippen LogP contribution in [0.5, 0.6) is 0 Å². The number of aromatic amines is 1. The van der Waals surface area contributed by atoms with Crippen LogP contribution in [0, 0.1) is 6.92 Å². The molecule has 1 fully saturated rings. The fourth-order valence-electron chi connectivity index (χ4n) is 2.78. The largest absolute Gasteiger partial charge is 0.305 e. The maximum atomic E-state index is 13.0. The van der Waals surface area contributed by atoms with Crippen molar-refractivity contribution in [2.45, 2.75) is 43.6 Å². The lowest BCUT2D eigenvalue weighted by Crippen LogP contribution is -2.43. The molecule has 1 atom stereocenters. The van der Waals surface area contributed by atoms with E-state index in [1.54, 1.807) is 11.2 Å². The van der Waals surface area contributed by atoms with Crippen LogP contribution in [-0.2, 0) is 15.9 Å². The number of alkyl halides is 1. The van der Waals surface area contributed by atoms with Gasteiger partial charge in [-0.2, -0.15) is 9.40 Å². The highest BCUT2D eigenvalue weighted by molar-refractivity contribution is 7.89. The van der Waals surface area contributed by atoms with E-state index in [1.807, 2.05) is 14.0 Å². The summed E-state index contributed by atoms with van der Waals surface area (Å²) in [4.78, 5) is 2.18. The summed E-state index contributed by atoms with van der Waals surface area (Å²) < 4.78 is 27.5. The summed E-state index contributed by atoms with van der Waals surface area (Å²) in [5, 5.41) is 6.82. The van der Waals surface area contributed by atoms with Gasteiger partial charge >= 0.3 is 0 Å². The number of halogens is 1. The molecule has 1 aromatic heterocycles. The van der Waals surface area contributed by atoms with Gasteiger partial charge in [0.25, 0.3) is 10.0 Å². The van der Waals surface area contributed by atoms with Gasteiger partial charge in [-0.1, -0.05) is 6.92 Å². The fraction of sp³-hybridized carbons (Fsp3) is 0.769. The van der Waals surface area contributed by atoms with E-state index >= 15 is 0 Å². The van der Waals surface area contributed by atoms with Gasteiger partial charge < -0.3 is 4.90 Å². The lowest BCUT2D eigenvalue weighted by atomic mass is 10.2. The molecule has 1 unspecified atom stereocenters. The van der Waals surface area contributed by atoms with Crippen molar-refractivity contribution in [2.24, 2.45) is 0 Å². The Morgan fingerprint density at radius 1 is 1.43 bits per heavy atom. The number of sulfonamides is 1. The molecule has 0 spiro atoms. The molecule has 0 amide bonds. The molecule has 1 aromatic rings. The zero-order valence-corrected chi connectivity index (χ0v) is 14.3. The second-order valence-corrected chi connectivity index (χ2v) is 7.63. The predicted molar refractivity (Wildman–Crippen MR) is 83.0 cm³/mol. The van der Waals surface area contributed by atoms with E-state index in [0.717, 1.165) is 25.9 Å². The molecule has 1 aliphatic rings. The van der Waals surface area contributed by atoms with Gasteiger partial charge in [-0.25, -0.2) is 8.42 Å². The lowest BCUT2D eigenvalue weighted by Gasteiger charge is -2.28. The minimum Gasteiger partial charge on any atom is -0.305 e. The van der Waals surface area contributed by atoms with Gasteiger partial charge in [0.1, 0.15) is 0 Å². The van der Waals surface area contributed by atoms with Crippen LogP contribution in [0.1, 0.15) is 31.0 Å². The third-order valence-corrected chi connectivity index (χ3v) is 6.23. The quantitative estimate of drug-likeness (QED) is 0.848. The summed E-state index contributed by atoms with van der Waals surface area (Å²) in [6, 6.07) is -0.0253. The van der Waals surface area contributed by atoms with Crippen molar-refractivity contribution < 1.29 is 8.42 Å². The van der Waals surface area contributed by atoms with Crippen molar-refractivity contribution >= 4 is 21.6 Å². The van der Waals surface area contributed by atoms with Crippen molar-refractivity contribution in [3.8, 4) is 0 Å². The van der Waals surface area contributed by atoms with Gasteiger partial charge in [0.15, 0.2) is 5.03 Å². The number of aryl methyl sites for hydroxylation is 1. The summed E-state index contributed by atoms with van der Waals surface area (Å²) in [5.41, 5.74) is 1.28. The average Bonchev–Trinajstić information content (AvgIpc) is 2.71. The maximum absolute atomic E-state index is 13.0. The smallest absolute Gasteiger partial charge is 0.263 e. The number of hydrogen-bond acceptors (Lipinski definition) is 4. The summed E-state index contributed by atoms with van der Waals surface area (Å²) >= 11 is 5.90. The highest BCUT2D eigenvalue weighted by atomic mass is 35.5. The van der Waals surface area contributed by atoms with Crippen LogP contribution in [-0.4, -0.2) is 60.5 Å². The van der Waals surface area contributed by atoms with E-state index < -0.39 is 10.0 Å². The van der Waals surface area contributed by atoms with Crippen LogP contribution >= 0.6 is 11.6 Å². The van der Waals surface area contributed by atoms with Gasteiger partial charge in [0.05, 0.1) is 5.88 Å². The number of H-pyrrole nitrogens is 1. The molecule has 8 heteroatoms. The first-order chi connectivity index (χ1) is 9.91. The monoisotopic (exact) mass is 334 g/mol. The van der Waals surface area contributed by atoms with Gasteiger partial charge in [-0.15, -0.1) is 11.6 Å². The molecule has 0 saturated carbocycles. The Balaban J connectivity index is 2.41. The highest BCUT2D eigenvalue weighted by Gasteiger charge is 2.36. The topological polar surface area (TPSA) is 69.3 Å². The Hall–Kier alpha value is -0.630. The Kier molecular flexibility index (Phi) is 5.29.